The lowest BCUT2D eigenvalue weighted by Gasteiger charge is -2.11. The fourth-order valence-corrected chi connectivity index (χ4v) is 1.41. The Kier molecular flexibility index (Phi) is 3.02. The maximum Gasteiger partial charge on any atom is 0.337 e. The number of amides is 1. The lowest BCUT2D eigenvalue weighted by atomic mass is 10.3. The van der Waals surface area contributed by atoms with Gasteiger partial charge in [-0.2, -0.15) is 0 Å². The maximum absolute atomic E-state index is 10.4. The van der Waals surface area contributed by atoms with Crippen LogP contribution in [0.15, 0.2) is 0 Å². The summed E-state index contributed by atoms with van der Waals surface area (Å²) in [5.74, 6) is -0.948. The molecule has 0 radical (unpaired) electrons. The molecule has 0 aromatic carbocycles. The summed E-state index contributed by atoms with van der Waals surface area (Å²) in [6.45, 7) is 1.49. The van der Waals surface area contributed by atoms with Gasteiger partial charge in [0.1, 0.15) is 5.66 Å². The van der Waals surface area contributed by atoms with Crippen molar-refractivity contribution in [2.24, 2.45) is 5.73 Å². The highest BCUT2D eigenvalue weighted by atomic mass is 31.2. The van der Waals surface area contributed by atoms with Crippen LogP contribution in [0.4, 0.5) is 0 Å². The summed E-state index contributed by atoms with van der Waals surface area (Å²) in [5, 5.41) is 0. The van der Waals surface area contributed by atoms with E-state index in [2.05, 4.69) is 0 Å². The van der Waals surface area contributed by atoms with E-state index in [1.165, 1.54) is 6.92 Å². The molecule has 6 heteroatoms. The normalized spacial score (nSPS) is 14.7. The van der Waals surface area contributed by atoms with E-state index in [1.54, 1.807) is 0 Å². The average Bonchev–Trinajstić information content (AvgIpc) is 1.60. The van der Waals surface area contributed by atoms with Crippen LogP contribution in [-0.2, 0) is 9.36 Å². The maximum atomic E-state index is 10.4. The van der Waals surface area contributed by atoms with E-state index in [9.17, 15) is 9.36 Å². The molecule has 1 amide bonds. The highest BCUT2D eigenvalue weighted by Gasteiger charge is 2.31. The van der Waals surface area contributed by atoms with Gasteiger partial charge in [0.2, 0.25) is 5.91 Å². The Morgan fingerprint density at radius 1 is 1.70 bits per heavy atom. The minimum Gasteiger partial charge on any atom is -0.369 e. The van der Waals surface area contributed by atoms with Crippen LogP contribution < -0.4 is 5.73 Å². The standard InChI is InChI=1S/C4H10NO4P/c1-2-3(4(5)6)10(7,8)9/h3H,2H2,1H3,(H2,5,6)(H2,7,8,9). The van der Waals surface area contributed by atoms with Crippen molar-refractivity contribution in [1.82, 2.24) is 0 Å². The Bertz CT molecular complexity index is 174. The first-order valence-corrected chi connectivity index (χ1v) is 4.42. The Balaban J connectivity index is 4.38. The van der Waals surface area contributed by atoms with Crippen LogP contribution in [0.3, 0.4) is 0 Å². The first-order chi connectivity index (χ1) is 4.39. The van der Waals surface area contributed by atoms with Crippen LogP contribution in [0.1, 0.15) is 13.3 Å². The highest BCUT2D eigenvalue weighted by Crippen LogP contribution is 2.42. The molecule has 0 aliphatic carbocycles. The summed E-state index contributed by atoms with van der Waals surface area (Å²) in [7, 11) is -4.31. The van der Waals surface area contributed by atoms with Gasteiger partial charge in [0.05, 0.1) is 0 Å². The van der Waals surface area contributed by atoms with Crippen LogP contribution in [0.25, 0.3) is 0 Å². The van der Waals surface area contributed by atoms with E-state index in [-0.39, 0.29) is 6.42 Å². The van der Waals surface area contributed by atoms with Crippen molar-refractivity contribution >= 4 is 13.5 Å². The van der Waals surface area contributed by atoms with Gasteiger partial charge in [0, 0.05) is 0 Å². The molecule has 0 heterocycles. The zero-order valence-electron chi connectivity index (χ0n) is 5.52. The minimum absolute atomic E-state index is 0.0691. The SMILES string of the molecule is CCC(C(N)=O)P(=O)(O)O. The highest BCUT2D eigenvalue weighted by molar-refractivity contribution is 7.53. The topological polar surface area (TPSA) is 101 Å². The van der Waals surface area contributed by atoms with Crippen molar-refractivity contribution < 1.29 is 19.1 Å². The molecular formula is C4H10NO4P. The molecule has 4 N–H and O–H groups in total. The zero-order chi connectivity index (χ0) is 8.36. The fraction of sp³-hybridized carbons (Fsp3) is 0.750. The Hall–Kier alpha value is -0.380. The fourth-order valence-electron chi connectivity index (χ4n) is 0.605. The van der Waals surface area contributed by atoms with Gasteiger partial charge in [-0.1, -0.05) is 6.92 Å². The van der Waals surface area contributed by atoms with Gasteiger partial charge in [0.25, 0.3) is 0 Å². The summed E-state index contributed by atoms with van der Waals surface area (Å²) in [4.78, 5) is 27.2. The molecule has 60 valence electrons. The van der Waals surface area contributed by atoms with E-state index in [0.717, 1.165) is 0 Å². The van der Waals surface area contributed by atoms with Crippen LogP contribution in [0.2, 0.25) is 0 Å². The number of hydrogen-bond donors (Lipinski definition) is 3. The Morgan fingerprint density at radius 2 is 2.10 bits per heavy atom. The van der Waals surface area contributed by atoms with Gasteiger partial charge in [-0.25, -0.2) is 0 Å². The van der Waals surface area contributed by atoms with E-state index in [4.69, 9.17) is 15.5 Å². The third kappa shape index (κ3) is 2.47. The lowest BCUT2D eigenvalue weighted by Crippen LogP contribution is -2.27. The molecule has 0 aliphatic rings. The second-order valence-electron chi connectivity index (χ2n) is 1.92. The smallest absolute Gasteiger partial charge is 0.337 e. The molecule has 10 heavy (non-hydrogen) atoms. The monoisotopic (exact) mass is 167 g/mol. The summed E-state index contributed by atoms with van der Waals surface area (Å²) in [6, 6.07) is 0. The molecule has 0 spiro atoms. The largest absolute Gasteiger partial charge is 0.369 e. The van der Waals surface area contributed by atoms with E-state index < -0.39 is 19.2 Å². The molecule has 0 fully saturated rings. The number of nitrogens with two attached hydrogens (primary N) is 1. The molecule has 0 rings (SSSR count). The minimum atomic E-state index is -4.31. The Labute approximate surface area is 58.4 Å². The first-order valence-electron chi connectivity index (χ1n) is 2.74. The second kappa shape index (κ2) is 3.14. The molecule has 1 unspecified atom stereocenters. The molecule has 0 bridgehead atoms. The third-order valence-electron chi connectivity index (χ3n) is 1.12. The van der Waals surface area contributed by atoms with Gasteiger partial charge < -0.3 is 15.5 Å². The molecule has 1 atom stereocenters. The molecule has 0 aliphatic heterocycles. The zero-order valence-corrected chi connectivity index (χ0v) is 6.41. The number of rotatable bonds is 3. The van der Waals surface area contributed by atoms with Gasteiger partial charge in [-0.15, -0.1) is 0 Å². The predicted molar refractivity (Wildman–Crippen MR) is 35.3 cm³/mol. The van der Waals surface area contributed by atoms with Crippen molar-refractivity contribution in [2.45, 2.75) is 19.0 Å². The van der Waals surface area contributed by atoms with Crippen molar-refractivity contribution in [1.29, 1.82) is 0 Å². The summed E-state index contributed by atoms with van der Waals surface area (Å²) in [5.41, 5.74) is 3.38. The molecular weight excluding hydrogens is 157 g/mol. The van der Waals surface area contributed by atoms with Crippen molar-refractivity contribution in [3.8, 4) is 0 Å². The average molecular weight is 167 g/mol. The van der Waals surface area contributed by atoms with Gasteiger partial charge in [-0.3, -0.25) is 9.36 Å². The van der Waals surface area contributed by atoms with Crippen molar-refractivity contribution in [3.05, 3.63) is 0 Å². The van der Waals surface area contributed by atoms with Crippen molar-refractivity contribution in [3.63, 3.8) is 0 Å². The molecule has 0 saturated carbocycles. The van der Waals surface area contributed by atoms with E-state index in [0.29, 0.717) is 0 Å². The lowest BCUT2D eigenvalue weighted by molar-refractivity contribution is -0.118. The number of hydrogen-bond acceptors (Lipinski definition) is 2. The van der Waals surface area contributed by atoms with Crippen LogP contribution in [-0.4, -0.2) is 21.4 Å². The summed E-state index contributed by atoms with van der Waals surface area (Å²) >= 11 is 0. The number of carbonyl (C=O) groups is 1. The first kappa shape index (κ1) is 9.62. The molecule has 5 nitrogen and oxygen atoms in total. The van der Waals surface area contributed by atoms with E-state index >= 15 is 0 Å². The van der Waals surface area contributed by atoms with Gasteiger partial charge >= 0.3 is 7.60 Å². The quantitative estimate of drug-likeness (QED) is 0.490. The molecule has 0 saturated heterocycles. The summed E-state index contributed by atoms with van der Waals surface area (Å²) < 4.78 is 10.4. The van der Waals surface area contributed by atoms with Crippen LogP contribution >= 0.6 is 7.60 Å². The van der Waals surface area contributed by atoms with Gasteiger partial charge in [-0.05, 0) is 6.42 Å². The number of carbonyl (C=O) groups excluding carboxylic acids is 1. The third-order valence-corrected chi connectivity index (χ3v) is 2.55. The number of primary amides is 1. The van der Waals surface area contributed by atoms with Gasteiger partial charge in [0.15, 0.2) is 0 Å². The molecule has 0 aromatic heterocycles. The Morgan fingerprint density at radius 3 is 2.10 bits per heavy atom. The van der Waals surface area contributed by atoms with Crippen molar-refractivity contribution in [2.75, 3.05) is 0 Å². The van der Waals surface area contributed by atoms with Crippen LogP contribution in [0.5, 0.6) is 0 Å². The predicted octanol–water partition coefficient (Wildman–Crippen LogP) is -0.572. The van der Waals surface area contributed by atoms with Crippen LogP contribution in [0, 0.1) is 0 Å². The molecule has 0 aromatic rings. The second-order valence-corrected chi connectivity index (χ2v) is 3.72. The summed E-state index contributed by atoms with van der Waals surface area (Å²) in [6.07, 6.45) is 0.0691. The van der Waals surface area contributed by atoms with E-state index in [1.807, 2.05) is 0 Å².